The Hall–Kier alpha value is -0.850. The van der Waals surface area contributed by atoms with E-state index in [9.17, 15) is 9.59 Å². The number of ether oxygens (including phenoxy) is 2. The van der Waals surface area contributed by atoms with Gasteiger partial charge in [0.25, 0.3) is 0 Å². The molecule has 0 spiro atoms. The summed E-state index contributed by atoms with van der Waals surface area (Å²) in [6.45, 7) is 3.65. The van der Waals surface area contributed by atoms with E-state index in [1.165, 1.54) is 0 Å². The molecule has 0 aromatic carbocycles. The van der Waals surface area contributed by atoms with Crippen molar-refractivity contribution in [2.24, 2.45) is 11.8 Å². The molecule has 0 aromatic heterocycles. The molecule has 0 amide bonds. The van der Waals surface area contributed by atoms with Crippen molar-refractivity contribution in [2.45, 2.75) is 18.6 Å². The Morgan fingerprint density at radius 3 is 3.12 bits per heavy atom. The second kappa shape index (κ2) is 3.83. The number of rotatable bonds is 3. The zero-order chi connectivity index (χ0) is 12.2. The zero-order valence-electron chi connectivity index (χ0n) is 9.02. The molecule has 17 heavy (non-hydrogen) atoms. The van der Waals surface area contributed by atoms with Gasteiger partial charge >= 0.3 is 11.9 Å². The minimum atomic E-state index is -0.380. The van der Waals surface area contributed by atoms with Gasteiger partial charge in [-0.05, 0) is 6.42 Å². The second-order valence-electron chi connectivity index (χ2n) is 4.61. The third-order valence-corrected chi connectivity index (χ3v) is 4.55. The van der Waals surface area contributed by atoms with Crippen molar-refractivity contribution in [3.05, 3.63) is 23.8 Å². The van der Waals surface area contributed by atoms with Crippen LogP contribution in [0.3, 0.4) is 0 Å². The van der Waals surface area contributed by atoms with Crippen LogP contribution in [0, 0.1) is 11.8 Å². The molecule has 90 valence electrons. The Kier molecular flexibility index (Phi) is 2.53. The number of hydrogen-bond acceptors (Lipinski definition) is 4. The average molecular weight is 346 g/mol. The number of fused-ring (bicyclic) bond motifs is 1. The molecule has 1 saturated carbocycles. The molecule has 1 heterocycles. The molecule has 3 aliphatic rings. The van der Waals surface area contributed by atoms with Crippen LogP contribution in [0.15, 0.2) is 23.8 Å². The molecule has 0 N–H and O–H groups in total. The summed E-state index contributed by atoms with van der Waals surface area (Å²) < 4.78 is 11.2. The third-order valence-electron chi connectivity index (χ3n) is 3.63. The molecule has 2 fully saturated rings. The van der Waals surface area contributed by atoms with Gasteiger partial charge in [0.1, 0.15) is 12.2 Å². The molecule has 4 unspecified atom stereocenters. The van der Waals surface area contributed by atoms with Crippen molar-refractivity contribution in [1.29, 1.82) is 0 Å². The van der Waals surface area contributed by atoms with Crippen molar-refractivity contribution < 1.29 is 19.1 Å². The SMILES string of the molecule is C=C(CI)C(=O)OC1C2C=C3C(=O)OC1C3C2. The molecule has 2 bridgehead atoms. The first-order valence-electron chi connectivity index (χ1n) is 5.49. The van der Waals surface area contributed by atoms with E-state index in [0.29, 0.717) is 10.0 Å². The lowest BCUT2D eigenvalue weighted by Gasteiger charge is -2.22. The largest absolute Gasteiger partial charge is 0.454 e. The number of esters is 2. The maximum absolute atomic E-state index is 11.7. The van der Waals surface area contributed by atoms with E-state index in [4.69, 9.17) is 9.47 Å². The average Bonchev–Trinajstić information content (AvgIpc) is 2.92. The number of alkyl halides is 1. The van der Waals surface area contributed by atoms with Crippen LogP contribution < -0.4 is 0 Å². The fourth-order valence-electron chi connectivity index (χ4n) is 2.83. The number of carbonyl (C=O) groups excluding carboxylic acids is 2. The normalized spacial score (nSPS) is 36.8. The molecule has 0 aromatic rings. The van der Waals surface area contributed by atoms with E-state index in [1.54, 1.807) is 0 Å². The van der Waals surface area contributed by atoms with Crippen LogP contribution in [-0.4, -0.2) is 28.6 Å². The Labute approximate surface area is 112 Å². The van der Waals surface area contributed by atoms with Crippen LogP contribution in [0.5, 0.6) is 0 Å². The maximum atomic E-state index is 11.7. The second-order valence-corrected chi connectivity index (χ2v) is 5.37. The summed E-state index contributed by atoms with van der Waals surface area (Å²) in [5.41, 5.74) is 1.22. The molecule has 3 rings (SSSR count). The Morgan fingerprint density at radius 2 is 2.41 bits per heavy atom. The summed E-state index contributed by atoms with van der Waals surface area (Å²) >= 11 is 2.07. The van der Waals surface area contributed by atoms with Crippen molar-refractivity contribution in [2.75, 3.05) is 4.43 Å². The summed E-state index contributed by atoms with van der Waals surface area (Å²) in [7, 11) is 0. The Morgan fingerprint density at radius 1 is 1.65 bits per heavy atom. The predicted octanol–water partition coefficient (Wildman–Crippen LogP) is 1.39. The topological polar surface area (TPSA) is 52.6 Å². The quantitative estimate of drug-likeness (QED) is 0.336. The molecular weight excluding hydrogens is 335 g/mol. The van der Waals surface area contributed by atoms with Crippen molar-refractivity contribution in [3.8, 4) is 0 Å². The van der Waals surface area contributed by atoms with Crippen LogP contribution in [0.25, 0.3) is 0 Å². The highest BCUT2D eigenvalue weighted by Crippen LogP contribution is 2.51. The van der Waals surface area contributed by atoms with Gasteiger partial charge < -0.3 is 9.47 Å². The molecule has 1 saturated heterocycles. The van der Waals surface area contributed by atoms with Crippen LogP contribution in [0.2, 0.25) is 0 Å². The van der Waals surface area contributed by atoms with E-state index in [1.807, 2.05) is 6.08 Å². The highest BCUT2D eigenvalue weighted by atomic mass is 127. The van der Waals surface area contributed by atoms with Crippen molar-refractivity contribution in [1.82, 2.24) is 0 Å². The minimum Gasteiger partial charge on any atom is -0.454 e. The summed E-state index contributed by atoms with van der Waals surface area (Å²) in [6.07, 6.45) is 2.18. The van der Waals surface area contributed by atoms with Crippen molar-refractivity contribution >= 4 is 34.5 Å². The molecule has 5 heteroatoms. The van der Waals surface area contributed by atoms with Crippen LogP contribution >= 0.6 is 22.6 Å². The van der Waals surface area contributed by atoms with Crippen LogP contribution in [0.1, 0.15) is 6.42 Å². The summed E-state index contributed by atoms with van der Waals surface area (Å²) in [5.74, 6) is -0.348. The highest BCUT2D eigenvalue weighted by Gasteiger charge is 2.58. The van der Waals surface area contributed by atoms with Gasteiger partial charge in [-0.3, -0.25) is 0 Å². The van der Waals surface area contributed by atoms with Crippen LogP contribution in [0.4, 0.5) is 0 Å². The number of halogens is 1. The summed E-state index contributed by atoms with van der Waals surface area (Å²) in [5, 5.41) is 0. The van der Waals surface area contributed by atoms with Gasteiger partial charge in [0.05, 0.1) is 0 Å². The molecule has 1 aliphatic heterocycles. The van der Waals surface area contributed by atoms with E-state index in [2.05, 4.69) is 29.2 Å². The van der Waals surface area contributed by atoms with Gasteiger partial charge in [-0.2, -0.15) is 0 Å². The van der Waals surface area contributed by atoms with Gasteiger partial charge in [0.2, 0.25) is 0 Å². The minimum absolute atomic E-state index is 0.136. The van der Waals surface area contributed by atoms with Gasteiger partial charge in [0.15, 0.2) is 0 Å². The van der Waals surface area contributed by atoms with E-state index >= 15 is 0 Å². The Bertz CT molecular complexity index is 453. The number of hydrogen-bond donors (Lipinski definition) is 0. The fourth-order valence-corrected chi connectivity index (χ4v) is 3.14. The maximum Gasteiger partial charge on any atom is 0.334 e. The van der Waals surface area contributed by atoms with E-state index < -0.39 is 0 Å². The summed E-state index contributed by atoms with van der Waals surface area (Å²) in [4.78, 5) is 23.1. The van der Waals surface area contributed by atoms with Gasteiger partial charge in [-0.25, -0.2) is 9.59 Å². The molecule has 2 aliphatic carbocycles. The molecule has 4 atom stereocenters. The molecular formula is C12H11IO4. The standard InChI is InChI=1S/C12H11IO4/c1-5(4-13)11(14)16-9-6-2-7-8(3-6)12(15)17-10(7)9/h3,6-7,9-10H,1-2,4H2. The first-order valence-corrected chi connectivity index (χ1v) is 7.02. The van der Waals surface area contributed by atoms with Crippen LogP contribution in [-0.2, 0) is 19.1 Å². The highest BCUT2D eigenvalue weighted by molar-refractivity contribution is 14.1. The van der Waals surface area contributed by atoms with Gasteiger partial charge in [-0.15, -0.1) is 0 Å². The Balaban J connectivity index is 1.76. The zero-order valence-corrected chi connectivity index (χ0v) is 11.2. The van der Waals surface area contributed by atoms with Gasteiger partial charge in [-0.1, -0.05) is 35.2 Å². The van der Waals surface area contributed by atoms with Gasteiger partial charge in [0, 0.05) is 27.4 Å². The first kappa shape index (κ1) is 11.3. The first-order chi connectivity index (χ1) is 8.11. The smallest absolute Gasteiger partial charge is 0.334 e. The van der Waals surface area contributed by atoms with E-state index in [-0.39, 0.29) is 36.0 Å². The lowest BCUT2D eigenvalue weighted by Crippen LogP contribution is -2.34. The molecule has 0 radical (unpaired) electrons. The predicted molar refractivity (Wildman–Crippen MR) is 67.5 cm³/mol. The van der Waals surface area contributed by atoms with Crippen molar-refractivity contribution in [3.63, 3.8) is 0 Å². The fraction of sp³-hybridized carbons (Fsp3) is 0.500. The lowest BCUT2D eigenvalue weighted by molar-refractivity contribution is -0.157. The monoisotopic (exact) mass is 346 g/mol. The van der Waals surface area contributed by atoms with E-state index in [0.717, 1.165) is 12.0 Å². The lowest BCUT2D eigenvalue weighted by atomic mass is 9.97. The summed E-state index contributed by atoms with van der Waals surface area (Å²) in [6, 6.07) is 0. The third kappa shape index (κ3) is 1.55. The molecule has 4 nitrogen and oxygen atoms in total. The number of carbonyl (C=O) groups is 2.